The summed E-state index contributed by atoms with van der Waals surface area (Å²) < 4.78 is 1.50. The average molecular weight is 166 g/mol. The molecule has 0 saturated carbocycles. The first-order valence-corrected chi connectivity index (χ1v) is 3.81. The molecule has 64 valence electrons. The van der Waals surface area contributed by atoms with Crippen LogP contribution in [0.1, 0.15) is 19.3 Å². The quantitative estimate of drug-likeness (QED) is 0.652. The Morgan fingerprint density at radius 3 is 3.08 bits per heavy atom. The van der Waals surface area contributed by atoms with E-state index in [-0.39, 0.29) is 5.69 Å². The topological polar surface area (TPSA) is 74.5 Å². The Labute approximate surface area is 69.6 Å². The van der Waals surface area contributed by atoms with Crippen molar-refractivity contribution in [2.75, 3.05) is 0 Å². The SMILES string of the molecule is N#CCCCCn1cn[nH]c1=O. The number of rotatable bonds is 4. The van der Waals surface area contributed by atoms with E-state index in [0.29, 0.717) is 13.0 Å². The van der Waals surface area contributed by atoms with Crippen molar-refractivity contribution in [1.82, 2.24) is 14.8 Å². The Morgan fingerprint density at radius 1 is 1.67 bits per heavy atom. The minimum absolute atomic E-state index is 0.188. The minimum atomic E-state index is -0.188. The fourth-order valence-corrected chi connectivity index (χ4v) is 0.916. The summed E-state index contributed by atoms with van der Waals surface area (Å²) in [4.78, 5) is 10.9. The molecule has 0 saturated heterocycles. The number of nitrogens with one attached hydrogen (secondary N) is 1. The van der Waals surface area contributed by atoms with Gasteiger partial charge in [-0.05, 0) is 12.8 Å². The number of aromatic amines is 1. The summed E-state index contributed by atoms with van der Waals surface area (Å²) >= 11 is 0. The molecular weight excluding hydrogens is 156 g/mol. The third-order valence-electron chi connectivity index (χ3n) is 1.56. The lowest BCUT2D eigenvalue weighted by Gasteiger charge is -1.96. The first-order valence-electron chi connectivity index (χ1n) is 3.81. The fraction of sp³-hybridized carbons (Fsp3) is 0.571. The van der Waals surface area contributed by atoms with Gasteiger partial charge in [-0.2, -0.15) is 10.4 Å². The molecule has 1 N–H and O–H groups in total. The molecular formula is C7H10N4O. The van der Waals surface area contributed by atoms with Crippen LogP contribution in [0.2, 0.25) is 0 Å². The maximum atomic E-state index is 10.9. The van der Waals surface area contributed by atoms with Gasteiger partial charge in [-0.3, -0.25) is 4.57 Å². The van der Waals surface area contributed by atoms with Gasteiger partial charge in [0.25, 0.3) is 0 Å². The summed E-state index contributed by atoms with van der Waals surface area (Å²) in [6.45, 7) is 0.636. The molecule has 0 unspecified atom stereocenters. The van der Waals surface area contributed by atoms with Crippen LogP contribution in [0.4, 0.5) is 0 Å². The van der Waals surface area contributed by atoms with E-state index in [1.807, 2.05) is 0 Å². The number of H-pyrrole nitrogens is 1. The maximum absolute atomic E-state index is 10.9. The van der Waals surface area contributed by atoms with E-state index in [2.05, 4.69) is 16.3 Å². The third-order valence-corrected chi connectivity index (χ3v) is 1.56. The number of nitrogens with zero attached hydrogens (tertiary/aromatic N) is 3. The Hall–Kier alpha value is -1.57. The monoisotopic (exact) mass is 166 g/mol. The molecule has 0 amide bonds. The standard InChI is InChI=1S/C7H10N4O/c8-4-2-1-3-5-11-6-9-10-7(11)12/h6H,1-3,5H2,(H,10,12). The lowest BCUT2D eigenvalue weighted by Crippen LogP contribution is -2.15. The smallest absolute Gasteiger partial charge is 0.282 e. The summed E-state index contributed by atoms with van der Waals surface area (Å²) in [6, 6.07) is 2.05. The van der Waals surface area contributed by atoms with Crippen LogP contribution in [0, 0.1) is 11.3 Å². The molecule has 0 bridgehead atoms. The number of hydrogen-bond donors (Lipinski definition) is 1. The highest BCUT2D eigenvalue weighted by Gasteiger charge is 1.95. The molecule has 5 nitrogen and oxygen atoms in total. The molecule has 0 aromatic carbocycles. The summed E-state index contributed by atoms with van der Waals surface area (Å²) in [6.07, 6.45) is 3.68. The molecule has 0 fully saturated rings. The second kappa shape index (κ2) is 4.34. The Morgan fingerprint density at radius 2 is 2.50 bits per heavy atom. The molecule has 1 aromatic rings. The van der Waals surface area contributed by atoms with Gasteiger partial charge >= 0.3 is 5.69 Å². The van der Waals surface area contributed by atoms with E-state index >= 15 is 0 Å². The van der Waals surface area contributed by atoms with Gasteiger partial charge in [0.1, 0.15) is 6.33 Å². The van der Waals surface area contributed by atoms with Crippen molar-refractivity contribution in [2.45, 2.75) is 25.8 Å². The average Bonchev–Trinajstić information content (AvgIpc) is 2.46. The first-order chi connectivity index (χ1) is 5.84. The number of unbranched alkanes of at least 4 members (excludes halogenated alkanes) is 2. The van der Waals surface area contributed by atoms with Crippen molar-refractivity contribution in [3.05, 3.63) is 16.8 Å². The zero-order valence-electron chi connectivity index (χ0n) is 6.66. The van der Waals surface area contributed by atoms with Crippen LogP contribution in [0.5, 0.6) is 0 Å². The van der Waals surface area contributed by atoms with Gasteiger partial charge < -0.3 is 0 Å². The number of aryl methyl sites for hydroxylation is 1. The van der Waals surface area contributed by atoms with Crippen LogP contribution >= 0.6 is 0 Å². The van der Waals surface area contributed by atoms with Crippen molar-refractivity contribution >= 4 is 0 Å². The van der Waals surface area contributed by atoms with Crippen LogP contribution in [0.3, 0.4) is 0 Å². The Balaban J connectivity index is 2.30. The van der Waals surface area contributed by atoms with Crippen LogP contribution in [-0.2, 0) is 6.54 Å². The van der Waals surface area contributed by atoms with Crippen molar-refractivity contribution in [3.63, 3.8) is 0 Å². The third kappa shape index (κ3) is 2.23. The van der Waals surface area contributed by atoms with Gasteiger partial charge in [0.2, 0.25) is 0 Å². The molecule has 0 spiro atoms. The van der Waals surface area contributed by atoms with Crippen molar-refractivity contribution in [3.8, 4) is 6.07 Å². The van der Waals surface area contributed by atoms with Crippen LogP contribution in [0.25, 0.3) is 0 Å². The summed E-state index contributed by atoms with van der Waals surface area (Å²) in [7, 11) is 0. The minimum Gasteiger partial charge on any atom is -0.282 e. The predicted octanol–water partition coefficient (Wildman–Crippen LogP) is 0.265. The largest absolute Gasteiger partial charge is 0.343 e. The highest BCUT2D eigenvalue weighted by Crippen LogP contribution is 1.94. The molecule has 1 heterocycles. The zero-order chi connectivity index (χ0) is 8.81. The second-order valence-electron chi connectivity index (χ2n) is 2.47. The van der Waals surface area contributed by atoms with E-state index in [1.165, 1.54) is 10.9 Å². The van der Waals surface area contributed by atoms with Gasteiger partial charge in [-0.15, -0.1) is 0 Å². The van der Waals surface area contributed by atoms with Gasteiger partial charge in [-0.1, -0.05) is 0 Å². The molecule has 5 heteroatoms. The van der Waals surface area contributed by atoms with Crippen LogP contribution in [-0.4, -0.2) is 14.8 Å². The van der Waals surface area contributed by atoms with Gasteiger partial charge in [0.15, 0.2) is 0 Å². The predicted molar refractivity (Wildman–Crippen MR) is 42.3 cm³/mol. The van der Waals surface area contributed by atoms with Gasteiger partial charge in [0, 0.05) is 13.0 Å². The fourth-order valence-electron chi connectivity index (χ4n) is 0.916. The van der Waals surface area contributed by atoms with E-state index in [1.54, 1.807) is 0 Å². The summed E-state index contributed by atoms with van der Waals surface area (Å²) in [5, 5.41) is 14.1. The number of nitriles is 1. The van der Waals surface area contributed by atoms with E-state index in [4.69, 9.17) is 5.26 Å². The number of hydrogen-bond acceptors (Lipinski definition) is 3. The normalized spacial score (nSPS) is 9.58. The Kier molecular flexibility index (Phi) is 3.08. The molecule has 0 aliphatic rings. The van der Waals surface area contributed by atoms with Gasteiger partial charge in [-0.25, -0.2) is 9.89 Å². The summed E-state index contributed by atoms with van der Waals surface area (Å²) in [5.74, 6) is 0. The highest BCUT2D eigenvalue weighted by atomic mass is 16.1. The lowest BCUT2D eigenvalue weighted by molar-refractivity contribution is 0.600. The van der Waals surface area contributed by atoms with Crippen LogP contribution in [0.15, 0.2) is 11.1 Å². The molecule has 0 aliphatic heterocycles. The molecule has 0 radical (unpaired) electrons. The molecule has 1 aromatic heterocycles. The maximum Gasteiger partial charge on any atom is 0.343 e. The Bertz CT molecular complexity index is 319. The van der Waals surface area contributed by atoms with Crippen molar-refractivity contribution in [2.24, 2.45) is 0 Å². The van der Waals surface area contributed by atoms with Crippen molar-refractivity contribution < 1.29 is 0 Å². The van der Waals surface area contributed by atoms with Crippen LogP contribution < -0.4 is 5.69 Å². The lowest BCUT2D eigenvalue weighted by atomic mass is 10.2. The zero-order valence-corrected chi connectivity index (χ0v) is 6.66. The van der Waals surface area contributed by atoms with E-state index in [0.717, 1.165) is 12.8 Å². The first kappa shape index (κ1) is 8.53. The summed E-state index contributed by atoms with van der Waals surface area (Å²) in [5.41, 5.74) is -0.188. The molecule has 0 atom stereocenters. The second-order valence-corrected chi connectivity index (χ2v) is 2.47. The molecule has 12 heavy (non-hydrogen) atoms. The highest BCUT2D eigenvalue weighted by molar-refractivity contribution is 4.69. The van der Waals surface area contributed by atoms with Gasteiger partial charge in [0.05, 0.1) is 6.07 Å². The molecule has 1 rings (SSSR count). The van der Waals surface area contributed by atoms with E-state index in [9.17, 15) is 4.79 Å². The molecule has 0 aliphatic carbocycles. The van der Waals surface area contributed by atoms with Crippen molar-refractivity contribution in [1.29, 1.82) is 5.26 Å². The van der Waals surface area contributed by atoms with E-state index < -0.39 is 0 Å². The number of aromatic nitrogens is 3.